The summed E-state index contributed by atoms with van der Waals surface area (Å²) >= 11 is 0. The van der Waals surface area contributed by atoms with Gasteiger partial charge < -0.3 is 14.8 Å². The van der Waals surface area contributed by atoms with Gasteiger partial charge in [0.15, 0.2) is 11.5 Å². The number of benzene rings is 2. The van der Waals surface area contributed by atoms with Crippen LogP contribution in [0.25, 0.3) is 0 Å². The predicted molar refractivity (Wildman–Crippen MR) is 92.9 cm³/mol. The van der Waals surface area contributed by atoms with Gasteiger partial charge in [0.25, 0.3) is 0 Å². The molecule has 0 fully saturated rings. The highest BCUT2D eigenvalue weighted by Crippen LogP contribution is 2.39. The Hall–Kier alpha value is -3.09. The fourth-order valence-corrected chi connectivity index (χ4v) is 3.28. The van der Waals surface area contributed by atoms with Gasteiger partial charge in [0.05, 0.1) is 26.3 Å². The van der Waals surface area contributed by atoms with Crippen LogP contribution in [-0.4, -0.2) is 34.4 Å². The summed E-state index contributed by atoms with van der Waals surface area (Å²) in [6, 6.07) is 16.4. The molecule has 7 nitrogen and oxygen atoms in total. The molecule has 1 N–H and O–H groups in total. The Morgan fingerprint density at radius 2 is 1.80 bits per heavy atom. The molecule has 0 saturated carbocycles. The highest BCUT2D eigenvalue weighted by Gasteiger charge is 2.31. The van der Waals surface area contributed by atoms with E-state index in [2.05, 4.69) is 33.0 Å². The van der Waals surface area contributed by atoms with Gasteiger partial charge >= 0.3 is 0 Å². The second-order valence-corrected chi connectivity index (χ2v) is 5.92. The van der Waals surface area contributed by atoms with E-state index in [-0.39, 0.29) is 12.1 Å². The average molecular weight is 337 g/mol. The zero-order chi connectivity index (χ0) is 17.2. The van der Waals surface area contributed by atoms with Crippen molar-refractivity contribution in [1.82, 2.24) is 20.2 Å². The highest BCUT2D eigenvalue weighted by atomic mass is 16.5. The van der Waals surface area contributed by atoms with E-state index in [4.69, 9.17) is 9.47 Å². The zero-order valence-corrected chi connectivity index (χ0v) is 14.1. The van der Waals surface area contributed by atoms with Crippen LogP contribution in [0.4, 0.5) is 5.95 Å². The van der Waals surface area contributed by atoms with Gasteiger partial charge in [-0.3, -0.25) is 0 Å². The van der Waals surface area contributed by atoms with Gasteiger partial charge in [-0.2, -0.15) is 0 Å². The maximum atomic E-state index is 5.45. The quantitative estimate of drug-likeness (QED) is 0.789. The zero-order valence-electron chi connectivity index (χ0n) is 14.1. The van der Waals surface area contributed by atoms with Crippen LogP contribution in [0.2, 0.25) is 0 Å². The molecule has 1 aliphatic rings. The SMILES string of the molecule is COc1ccc(C2CC(c3ccccc3)Nc3nnnn32)cc1OC. The summed E-state index contributed by atoms with van der Waals surface area (Å²) in [5.41, 5.74) is 2.29. The van der Waals surface area contributed by atoms with Crippen molar-refractivity contribution in [3.63, 3.8) is 0 Å². The number of anilines is 1. The Morgan fingerprint density at radius 1 is 1.00 bits per heavy atom. The van der Waals surface area contributed by atoms with Gasteiger partial charge in [-0.05, 0) is 40.1 Å². The van der Waals surface area contributed by atoms with Crippen molar-refractivity contribution in [2.45, 2.75) is 18.5 Å². The van der Waals surface area contributed by atoms with E-state index < -0.39 is 0 Å². The molecule has 2 atom stereocenters. The minimum Gasteiger partial charge on any atom is -0.493 e. The Morgan fingerprint density at radius 3 is 2.56 bits per heavy atom. The van der Waals surface area contributed by atoms with E-state index in [9.17, 15) is 0 Å². The summed E-state index contributed by atoms with van der Waals surface area (Å²) < 4.78 is 12.6. The van der Waals surface area contributed by atoms with Crippen LogP contribution >= 0.6 is 0 Å². The van der Waals surface area contributed by atoms with Crippen LogP contribution in [0.5, 0.6) is 11.5 Å². The third kappa shape index (κ3) is 2.77. The van der Waals surface area contributed by atoms with Crippen molar-refractivity contribution >= 4 is 5.95 Å². The van der Waals surface area contributed by atoms with E-state index in [1.807, 2.05) is 41.1 Å². The van der Waals surface area contributed by atoms with Crippen molar-refractivity contribution in [3.05, 3.63) is 59.7 Å². The van der Waals surface area contributed by atoms with E-state index in [0.717, 1.165) is 12.0 Å². The number of nitrogens with one attached hydrogen (secondary N) is 1. The average Bonchev–Trinajstić information content (AvgIpc) is 3.16. The van der Waals surface area contributed by atoms with E-state index >= 15 is 0 Å². The van der Waals surface area contributed by atoms with Crippen molar-refractivity contribution in [2.75, 3.05) is 19.5 Å². The van der Waals surface area contributed by atoms with Crippen molar-refractivity contribution in [2.24, 2.45) is 0 Å². The largest absolute Gasteiger partial charge is 0.493 e. The normalized spacial score (nSPS) is 19.0. The van der Waals surface area contributed by atoms with Crippen LogP contribution in [-0.2, 0) is 0 Å². The van der Waals surface area contributed by atoms with Crippen molar-refractivity contribution in [3.8, 4) is 11.5 Å². The van der Waals surface area contributed by atoms with Gasteiger partial charge in [-0.15, -0.1) is 0 Å². The molecule has 0 bridgehead atoms. The Kier molecular flexibility index (Phi) is 3.97. The van der Waals surface area contributed by atoms with Gasteiger partial charge in [0.1, 0.15) is 0 Å². The van der Waals surface area contributed by atoms with Crippen LogP contribution in [0.15, 0.2) is 48.5 Å². The summed E-state index contributed by atoms with van der Waals surface area (Å²) in [4.78, 5) is 0. The van der Waals surface area contributed by atoms with Gasteiger partial charge in [0, 0.05) is 0 Å². The minimum absolute atomic E-state index is 0.0104. The van der Waals surface area contributed by atoms with Gasteiger partial charge in [-0.25, -0.2) is 4.68 Å². The van der Waals surface area contributed by atoms with E-state index in [0.29, 0.717) is 17.4 Å². The predicted octanol–water partition coefficient (Wildman–Crippen LogP) is 2.84. The molecule has 25 heavy (non-hydrogen) atoms. The van der Waals surface area contributed by atoms with Crippen LogP contribution in [0.1, 0.15) is 29.6 Å². The van der Waals surface area contributed by atoms with Crippen molar-refractivity contribution < 1.29 is 9.47 Å². The Bertz CT molecular complexity index is 865. The molecule has 2 aromatic carbocycles. The standard InChI is InChI=1S/C18H19N5O2/c1-24-16-9-8-13(10-17(16)25-2)15-11-14(12-6-4-3-5-7-12)19-18-20-21-22-23(15)18/h3-10,14-15H,11H2,1-2H3,(H,19,20,22). The van der Waals surface area contributed by atoms with E-state index in [1.165, 1.54) is 5.56 Å². The maximum Gasteiger partial charge on any atom is 0.243 e. The lowest BCUT2D eigenvalue weighted by atomic mass is 9.93. The molecule has 0 aliphatic carbocycles. The molecule has 1 aliphatic heterocycles. The molecular weight excluding hydrogens is 318 g/mol. The molecule has 3 aromatic rings. The minimum atomic E-state index is 0.0104. The van der Waals surface area contributed by atoms with Crippen LogP contribution < -0.4 is 14.8 Å². The lowest BCUT2D eigenvalue weighted by molar-refractivity contribution is 0.352. The van der Waals surface area contributed by atoms with Gasteiger partial charge in [0.2, 0.25) is 5.95 Å². The van der Waals surface area contributed by atoms with Crippen LogP contribution in [0.3, 0.4) is 0 Å². The molecule has 4 rings (SSSR count). The number of hydrogen-bond acceptors (Lipinski definition) is 6. The van der Waals surface area contributed by atoms with Crippen LogP contribution in [0, 0.1) is 0 Å². The molecule has 128 valence electrons. The first-order chi connectivity index (χ1) is 12.3. The molecule has 0 spiro atoms. The molecular formula is C18H19N5O2. The highest BCUT2D eigenvalue weighted by molar-refractivity contribution is 5.45. The summed E-state index contributed by atoms with van der Waals surface area (Å²) in [6.07, 6.45) is 0.831. The molecule has 2 unspecified atom stereocenters. The second kappa shape index (κ2) is 6.43. The lowest BCUT2D eigenvalue weighted by Crippen LogP contribution is -2.28. The first-order valence-electron chi connectivity index (χ1n) is 8.11. The Labute approximate surface area is 145 Å². The Balaban J connectivity index is 1.73. The molecule has 2 heterocycles. The fraction of sp³-hybridized carbons (Fsp3) is 0.278. The third-order valence-electron chi connectivity index (χ3n) is 4.54. The number of aromatic nitrogens is 4. The number of rotatable bonds is 4. The first kappa shape index (κ1) is 15.4. The summed E-state index contributed by atoms with van der Waals surface area (Å²) in [5.74, 6) is 2.07. The fourth-order valence-electron chi connectivity index (χ4n) is 3.28. The van der Waals surface area contributed by atoms with Gasteiger partial charge in [-0.1, -0.05) is 41.5 Å². The number of fused-ring (bicyclic) bond motifs is 1. The molecule has 0 saturated heterocycles. The van der Waals surface area contributed by atoms with E-state index in [1.54, 1.807) is 14.2 Å². The molecule has 0 amide bonds. The second-order valence-electron chi connectivity index (χ2n) is 5.92. The topological polar surface area (TPSA) is 74.1 Å². The molecule has 0 radical (unpaired) electrons. The smallest absolute Gasteiger partial charge is 0.243 e. The summed E-state index contributed by atoms with van der Waals surface area (Å²) in [6.45, 7) is 0. The lowest BCUT2D eigenvalue weighted by Gasteiger charge is -2.31. The maximum absolute atomic E-state index is 5.45. The molecule has 7 heteroatoms. The number of tetrazole rings is 1. The van der Waals surface area contributed by atoms with Crippen molar-refractivity contribution in [1.29, 1.82) is 0 Å². The first-order valence-corrected chi connectivity index (χ1v) is 8.11. The number of methoxy groups -OCH3 is 2. The number of hydrogen-bond donors (Lipinski definition) is 1. The summed E-state index contributed by atoms with van der Waals surface area (Å²) in [5, 5.41) is 15.5. The number of ether oxygens (including phenoxy) is 2. The monoisotopic (exact) mass is 337 g/mol. The summed E-state index contributed by atoms with van der Waals surface area (Å²) in [7, 11) is 3.27. The third-order valence-corrected chi connectivity index (χ3v) is 4.54. The number of nitrogens with zero attached hydrogens (tertiary/aromatic N) is 4. The molecule has 1 aromatic heterocycles.